The van der Waals surface area contributed by atoms with Crippen molar-refractivity contribution < 1.29 is 4.79 Å². The van der Waals surface area contributed by atoms with Crippen LogP contribution in [0.3, 0.4) is 0 Å². The third kappa shape index (κ3) is 2.67. The summed E-state index contributed by atoms with van der Waals surface area (Å²) in [7, 11) is 0. The Morgan fingerprint density at radius 2 is 2.22 bits per heavy atom. The van der Waals surface area contributed by atoms with Crippen molar-refractivity contribution in [1.82, 2.24) is 10.3 Å². The molecule has 1 heterocycles. The molecule has 0 spiro atoms. The van der Waals surface area contributed by atoms with E-state index in [1.165, 1.54) is 0 Å². The Morgan fingerprint density at radius 1 is 1.50 bits per heavy atom. The molecule has 4 heteroatoms. The first-order chi connectivity index (χ1) is 8.65. The second kappa shape index (κ2) is 5.18. The Kier molecular flexibility index (Phi) is 3.61. The number of carbonyl (C=O) groups is 1. The van der Waals surface area contributed by atoms with Gasteiger partial charge in [0.1, 0.15) is 11.2 Å². The Hall–Kier alpha value is -1.89. The van der Waals surface area contributed by atoms with Crippen LogP contribution in [0.4, 0.5) is 0 Å². The molecule has 1 aliphatic carbocycles. The van der Waals surface area contributed by atoms with Gasteiger partial charge in [0.2, 0.25) is 0 Å². The van der Waals surface area contributed by atoms with Crippen LogP contribution >= 0.6 is 0 Å². The monoisotopic (exact) mass is 243 g/mol. The van der Waals surface area contributed by atoms with Gasteiger partial charge in [0, 0.05) is 6.20 Å². The Labute approximate surface area is 107 Å². The molecule has 4 nitrogen and oxygen atoms in total. The summed E-state index contributed by atoms with van der Waals surface area (Å²) < 4.78 is 0. The molecule has 1 saturated carbocycles. The lowest BCUT2D eigenvalue weighted by Crippen LogP contribution is -2.49. The highest BCUT2D eigenvalue weighted by atomic mass is 16.2. The zero-order chi connectivity index (χ0) is 13.0. The van der Waals surface area contributed by atoms with Gasteiger partial charge in [-0.15, -0.1) is 0 Å². The minimum absolute atomic E-state index is 0.258. The minimum Gasteiger partial charge on any atom is -0.332 e. The van der Waals surface area contributed by atoms with Crippen LogP contribution in [0.25, 0.3) is 0 Å². The number of aromatic nitrogens is 1. The first-order valence-electron chi connectivity index (χ1n) is 6.30. The lowest BCUT2D eigenvalue weighted by Gasteiger charge is -2.34. The van der Waals surface area contributed by atoms with Crippen LogP contribution in [0.5, 0.6) is 0 Å². The van der Waals surface area contributed by atoms with Crippen molar-refractivity contribution in [3.63, 3.8) is 0 Å². The highest BCUT2D eigenvalue weighted by Gasteiger charge is 2.36. The van der Waals surface area contributed by atoms with Crippen LogP contribution in [0.1, 0.15) is 43.1 Å². The summed E-state index contributed by atoms with van der Waals surface area (Å²) in [5.74, 6) is 0.380. The van der Waals surface area contributed by atoms with Crippen molar-refractivity contribution in [3.8, 4) is 6.07 Å². The summed E-state index contributed by atoms with van der Waals surface area (Å²) in [5, 5.41) is 12.2. The highest BCUT2D eigenvalue weighted by molar-refractivity contribution is 5.93. The molecule has 1 amide bonds. The highest BCUT2D eigenvalue weighted by Crippen LogP contribution is 2.31. The van der Waals surface area contributed by atoms with Crippen LogP contribution in [0.2, 0.25) is 0 Å². The predicted molar refractivity (Wildman–Crippen MR) is 67.7 cm³/mol. The fraction of sp³-hybridized carbons (Fsp3) is 0.500. The summed E-state index contributed by atoms with van der Waals surface area (Å²) in [6.45, 7) is 2.18. The van der Waals surface area contributed by atoms with E-state index in [2.05, 4.69) is 23.3 Å². The molecule has 0 radical (unpaired) electrons. The summed E-state index contributed by atoms with van der Waals surface area (Å²) in [5.41, 5.74) is -0.341. The average Bonchev–Trinajstić information content (AvgIpc) is 2.43. The number of nitriles is 1. The molecule has 0 unspecified atom stereocenters. The van der Waals surface area contributed by atoms with E-state index in [-0.39, 0.29) is 5.91 Å². The average molecular weight is 243 g/mol. The molecule has 0 bridgehead atoms. The summed E-state index contributed by atoms with van der Waals surface area (Å²) in [6.07, 6.45) is 5.00. The standard InChI is InChI=1S/C14H17N3O/c1-11-5-7-14(10-15,8-6-11)17-13(18)12-4-2-3-9-16-12/h2-4,9,11H,5-8H2,1H3,(H,17,18). The minimum atomic E-state index is -0.707. The molecule has 0 atom stereocenters. The fourth-order valence-electron chi connectivity index (χ4n) is 2.30. The van der Waals surface area contributed by atoms with Crippen LogP contribution in [0, 0.1) is 17.2 Å². The Balaban J connectivity index is 2.08. The van der Waals surface area contributed by atoms with Crippen molar-refractivity contribution in [1.29, 1.82) is 5.26 Å². The normalized spacial score (nSPS) is 27.2. The van der Waals surface area contributed by atoms with Gasteiger partial charge in [-0.3, -0.25) is 9.78 Å². The molecule has 18 heavy (non-hydrogen) atoms. The van der Waals surface area contributed by atoms with Gasteiger partial charge in [0.25, 0.3) is 5.91 Å². The SMILES string of the molecule is CC1CCC(C#N)(NC(=O)c2ccccn2)CC1. The van der Waals surface area contributed by atoms with Gasteiger partial charge in [0.15, 0.2) is 0 Å². The van der Waals surface area contributed by atoms with E-state index in [1.807, 2.05) is 0 Å². The topological polar surface area (TPSA) is 65.8 Å². The van der Waals surface area contributed by atoms with Gasteiger partial charge in [0.05, 0.1) is 6.07 Å². The van der Waals surface area contributed by atoms with Crippen molar-refractivity contribution in [2.24, 2.45) is 5.92 Å². The number of pyridine rings is 1. The molecule has 1 N–H and O–H groups in total. The maximum Gasteiger partial charge on any atom is 0.271 e. The largest absolute Gasteiger partial charge is 0.332 e. The van der Waals surface area contributed by atoms with E-state index >= 15 is 0 Å². The molecular formula is C14H17N3O. The van der Waals surface area contributed by atoms with Gasteiger partial charge in [-0.1, -0.05) is 13.0 Å². The maximum atomic E-state index is 12.0. The first-order valence-corrected chi connectivity index (χ1v) is 6.30. The third-order valence-corrected chi connectivity index (χ3v) is 3.59. The molecule has 1 fully saturated rings. The van der Waals surface area contributed by atoms with E-state index in [1.54, 1.807) is 24.4 Å². The van der Waals surface area contributed by atoms with Crippen LogP contribution in [-0.4, -0.2) is 16.4 Å². The molecule has 94 valence electrons. The molecule has 0 aromatic carbocycles. The summed E-state index contributed by atoms with van der Waals surface area (Å²) in [4.78, 5) is 16.0. The second-order valence-corrected chi connectivity index (χ2v) is 5.05. The van der Waals surface area contributed by atoms with Crippen molar-refractivity contribution >= 4 is 5.91 Å². The number of nitrogens with one attached hydrogen (secondary N) is 1. The van der Waals surface area contributed by atoms with E-state index in [9.17, 15) is 10.1 Å². The van der Waals surface area contributed by atoms with Crippen LogP contribution in [-0.2, 0) is 0 Å². The van der Waals surface area contributed by atoms with E-state index in [4.69, 9.17) is 0 Å². The van der Waals surface area contributed by atoms with Gasteiger partial charge in [-0.05, 0) is 43.7 Å². The summed E-state index contributed by atoms with van der Waals surface area (Å²) >= 11 is 0. The molecule has 1 aliphatic rings. The number of amides is 1. The summed E-state index contributed by atoms with van der Waals surface area (Å²) in [6, 6.07) is 7.47. The van der Waals surface area contributed by atoms with E-state index in [0.717, 1.165) is 25.7 Å². The quantitative estimate of drug-likeness (QED) is 0.866. The lowest BCUT2D eigenvalue weighted by atomic mass is 9.78. The Bertz CT molecular complexity index is 456. The number of carbonyl (C=O) groups excluding carboxylic acids is 1. The number of hydrogen-bond acceptors (Lipinski definition) is 3. The smallest absolute Gasteiger partial charge is 0.271 e. The second-order valence-electron chi connectivity index (χ2n) is 5.05. The lowest BCUT2D eigenvalue weighted by molar-refractivity contribution is 0.0889. The van der Waals surface area contributed by atoms with Gasteiger partial charge in [-0.25, -0.2) is 0 Å². The molecule has 2 rings (SSSR count). The van der Waals surface area contributed by atoms with Crippen molar-refractivity contribution in [2.45, 2.75) is 38.1 Å². The Morgan fingerprint density at radius 3 is 2.78 bits per heavy atom. The zero-order valence-electron chi connectivity index (χ0n) is 10.5. The first kappa shape index (κ1) is 12.6. The fourth-order valence-corrected chi connectivity index (χ4v) is 2.30. The number of nitrogens with zero attached hydrogens (tertiary/aromatic N) is 2. The number of hydrogen-bond donors (Lipinski definition) is 1. The van der Waals surface area contributed by atoms with E-state index < -0.39 is 5.54 Å². The third-order valence-electron chi connectivity index (χ3n) is 3.59. The van der Waals surface area contributed by atoms with Crippen molar-refractivity contribution in [2.75, 3.05) is 0 Å². The van der Waals surface area contributed by atoms with Gasteiger partial charge < -0.3 is 5.32 Å². The van der Waals surface area contributed by atoms with Gasteiger partial charge >= 0.3 is 0 Å². The van der Waals surface area contributed by atoms with Crippen LogP contribution < -0.4 is 5.32 Å². The molecule has 0 saturated heterocycles. The zero-order valence-corrected chi connectivity index (χ0v) is 10.5. The van der Waals surface area contributed by atoms with Gasteiger partial charge in [-0.2, -0.15) is 5.26 Å². The maximum absolute atomic E-state index is 12.0. The predicted octanol–water partition coefficient (Wildman–Crippen LogP) is 2.28. The number of rotatable bonds is 2. The van der Waals surface area contributed by atoms with E-state index in [0.29, 0.717) is 11.6 Å². The molecular weight excluding hydrogens is 226 g/mol. The molecule has 1 aromatic rings. The molecule has 0 aliphatic heterocycles. The molecule has 1 aromatic heterocycles. The van der Waals surface area contributed by atoms with Crippen molar-refractivity contribution in [3.05, 3.63) is 30.1 Å². The van der Waals surface area contributed by atoms with Crippen LogP contribution in [0.15, 0.2) is 24.4 Å².